The Morgan fingerprint density at radius 2 is 1.94 bits per heavy atom. The van der Waals surface area contributed by atoms with Crippen molar-refractivity contribution in [3.8, 4) is 5.75 Å². The highest BCUT2D eigenvalue weighted by molar-refractivity contribution is 6.35. The van der Waals surface area contributed by atoms with E-state index in [0.717, 1.165) is 11.1 Å². The van der Waals surface area contributed by atoms with Gasteiger partial charge in [0.25, 0.3) is 0 Å². The second-order valence-corrected chi connectivity index (χ2v) is 13.4. The lowest BCUT2D eigenvalue weighted by atomic mass is 9.83. The number of anilines is 1. The Hall–Kier alpha value is -3.65. The van der Waals surface area contributed by atoms with Crippen LogP contribution in [0.25, 0.3) is 0 Å². The average molecular weight is 692 g/mol. The molecule has 1 aromatic carbocycles. The summed E-state index contributed by atoms with van der Waals surface area (Å²) < 4.78 is 28.9. The minimum atomic E-state index is -1.81. The average Bonchev–Trinajstić information content (AvgIpc) is 3.73. The van der Waals surface area contributed by atoms with Crippen molar-refractivity contribution in [1.82, 2.24) is 10.2 Å². The van der Waals surface area contributed by atoms with Crippen LogP contribution in [0, 0.1) is 5.92 Å². The molecular weight excluding hydrogens is 646 g/mol. The van der Waals surface area contributed by atoms with E-state index in [9.17, 15) is 24.3 Å². The lowest BCUT2D eigenvalue weighted by Crippen LogP contribution is -2.63. The highest BCUT2D eigenvalue weighted by Crippen LogP contribution is 2.49. The summed E-state index contributed by atoms with van der Waals surface area (Å²) in [5.74, 6) is -1.63. The van der Waals surface area contributed by atoms with Gasteiger partial charge in [-0.05, 0) is 44.9 Å². The number of nitrogens with zero attached hydrogens (tertiary/aromatic N) is 2. The quantitative estimate of drug-likeness (QED) is 0.346. The molecule has 0 radical (unpaired) electrons. The summed E-state index contributed by atoms with van der Waals surface area (Å²) >= 11 is 6.71. The van der Waals surface area contributed by atoms with Crippen molar-refractivity contribution in [3.63, 3.8) is 0 Å². The first-order valence-electron chi connectivity index (χ1n) is 15.8. The summed E-state index contributed by atoms with van der Waals surface area (Å²) in [5, 5.41) is 14.4. The Morgan fingerprint density at radius 3 is 2.56 bits per heavy atom. The zero-order valence-corrected chi connectivity index (χ0v) is 29.6. The molecule has 2 N–H and O–H groups in total. The summed E-state index contributed by atoms with van der Waals surface area (Å²) in [7, 11) is 5.97. The first-order valence-corrected chi connectivity index (χ1v) is 16.2. The molecule has 3 heterocycles. The van der Waals surface area contributed by atoms with Crippen LogP contribution in [0.1, 0.15) is 53.0 Å². The van der Waals surface area contributed by atoms with Crippen LogP contribution in [0.5, 0.6) is 5.75 Å². The molecule has 14 heteroatoms. The Balaban J connectivity index is 1.80. The molecule has 2 saturated heterocycles. The normalized spacial score (nSPS) is 33.2. The Kier molecular flexibility index (Phi) is 11.2. The molecule has 3 aliphatic rings. The van der Waals surface area contributed by atoms with Gasteiger partial charge in [0.15, 0.2) is 5.72 Å². The van der Waals surface area contributed by atoms with Gasteiger partial charge in [0.1, 0.15) is 40.7 Å². The molecule has 0 spiro atoms. The van der Waals surface area contributed by atoms with Crippen LogP contribution in [0.15, 0.2) is 35.9 Å². The molecule has 264 valence electrons. The topological polar surface area (TPSA) is 156 Å². The number of benzene rings is 1. The van der Waals surface area contributed by atoms with Gasteiger partial charge in [-0.3, -0.25) is 14.9 Å². The number of carbonyl (C=O) groups excluding carboxylic acids is 4. The fourth-order valence-corrected chi connectivity index (χ4v) is 6.59. The summed E-state index contributed by atoms with van der Waals surface area (Å²) in [6.45, 7) is 8.29. The van der Waals surface area contributed by atoms with Crippen molar-refractivity contribution in [1.29, 1.82) is 0 Å². The number of ether oxygens (including phenoxy) is 5. The van der Waals surface area contributed by atoms with Gasteiger partial charge < -0.3 is 38.6 Å². The molecule has 4 rings (SSSR count). The number of hydrogen-bond acceptors (Lipinski definition) is 10. The van der Waals surface area contributed by atoms with Crippen molar-refractivity contribution in [3.05, 3.63) is 46.5 Å². The van der Waals surface area contributed by atoms with Crippen molar-refractivity contribution >= 4 is 41.2 Å². The van der Waals surface area contributed by atoms with Crippen LogP contribution in [-0.4, -0.2) is 104 Å². The Labute approximate surface area is 286 Å². The summed E-state index contributed by atoms with van der Waals surface area (Å²) in [6, 6.07) is 2.63. The van der Waals surface area contributed by atoms with E-state index < -0.39 is 65.7 Å². The zero-order chi connectivity index (χ0) is 35.7. The summed E-state index contributed by atoms with van der Waals surface area (Å²) in [6.07, 6.45) is 1.02. The molecule has 0 aromatic heterocycles. The van der Waals surface area contributed by atoms with Gasteiger partial charge in [-0.1, -0.05) is 42.3 Å². The second kappa shape index (κ2) is 14.5. The molecule has 8 atom stereocenters. The van der Waals surface area contributed by atoms with Crippen LogP contribution in [0.2, 0.25) is 5.02 Å². The number of rotatable bonds is 5. The molecule has 48 heavy (non-hydrogen) atoms. The summed E-state index contributed by atoms with van der Waals surface area (Å²) in [5.41, 5.74) is -0.871. The number of aliphatic hydroxyl groups is 1. The number of methoxy groups -OCH3 is 2. The van der Waals surface area contributed by atoms with Crippen LogP contribution in [0.4, 0.5) is 10.5 Å². The van der Waals surface area contributed by atoms with Gasteiger partial charge in [0.05, 0.1) is 25.3 Å². The molecule has 13 nitrogen and oxygen atoms in total. The Bertz CT molecular complexity index is 1500. The third-order valence-electron chi connectivity index (χ3n) is 9.63. The lowest BCUT2D eigenvalue weighted by Gasteiger charge is -2.42. The van der Waals surface area contributed by atoms with E-state index in [0.29, 0.717) is 17.9 Å². The molecule has 0 unspecified atom stereocenters. The van der Waals surface area contributed by atoms with Crippen LogP contribution < -0.4 is 15.0 Å². The lowest BCUT2D eigenvalue weighted by molar-refractivity contribution is -0.161. The first kappa shape index (κ1) is 37.2. The van der Waals surface area contributed by atoms with Crippen LogP contribution in [0.3, 0.4) is 0 Å². The van der Waals surface area contributed by atoms with E-state index in [2.05, 4.69) is 5.32 Å². The summed E-state index contributed by atoms with van der Waals surface area (Å²) in [4.78, 5) is 54.7. The highest BCUT2D eigenvalue weighted by atomic mass is 35.5. The fraction of sp³-hybridized carbons (Fsp3) is 0.588. The van der Waals surface area contributed by atoms with E-state index in [1.165, 1.54) is 44.9 Å². The number of hydrogen-bond donors (Lipinski definition) is 2. The van der Waals surface area contributed by atoms with Crippen molar-refractivity contribution in [2.45, 2.75) is 95.7 Å². The fourth-order valence-electron chi connectivity index (χ4n) is 6.27. The maximum Gasteiger partial charge on any atom is 0.409 e. The maximum absolute atomic E-state index is 14.0. The van der Waals surface area contributed by atoms with E-state index in [-0.39, 0.29) is 23.8 Å². The first-order chi connectivity index (χ1) is 22.4. The minimum Gasteiger partial charge on any atom is -0.495 e. The number of alkyl carbamates (subject to hydrolysis) is 1. The van der Waals surface area contributed by atoms with E-state index >= 15 is 0 Å². The van der Waals surface area contributed by atoms with Crippen LogP contribution >= 0.6 is 11.6 Å². The maximum atomic E-state index is 14.0. The number of halogens is 1. The second-order valence-electron chi connectivity index (χ2n) is 13.0. The minimum absolute atomic E-state index is 0.0436. The van der Waals surface area contributed by atoms with Gasteiger partial charge in [-0.15, -0.1) is 0 Å². The van der Waals surface area contributed by atoms with Gasteiger partial charge in [-0.2, -0.15) is 0 Å². The van der Waals surface area contributed by atoms with Gasteiger partial charge >= 0.3 is 12.1 Å². The SMILES string of the molecule is COc1cc2cc(c1Cl)N(C)C(=O)C[C@H](OC(=O)[C@H](C)N(C)C(C)=O)[C@]1(C)O[C@H]1[C@@H](C)[C@H]1C[C@](O)(NC(=O)O1)[C@@H](OC)/C=C/C=C(\C)C2. The van der Waals surface area contributed by atoms with Crippen LogP contribution in [-0.2, 0) is 39.8 Å². The molecule has 0 aliphatic carbocycles. The third kappa shape index (κ3) is 7.64. The molecule has 4 bridgehead atoms. The van der Waals surface area contributed by atoms with Gasteiger partial charge in [-0.25, -0.2) is 9.59 Å². The molecule has 3 aliphatic heterocycles. The molecule has 2 fully saturated rings. The highest BCUT2D eigenvalue weighted by Gasteiger charge is 2.64. The number of allylic oxidation sites excluding steroid dienone is 3. The van der Waals surface area contributed by atoms with E-state index in [1.807, 2.05) is 13.0 Å². The van der Waals surface area contributed by atoms with E-state index in [1.54, 1.807) is 45.2 Å². The largest absolute Gasteiger partial charge is 0.495 e. The molecular formula is C34H46ClN3O10. The number of likely N-dealkylation sites (N-methyl/N-ethyl adjacent to an activating group) is 1. The number of amides is 3. The Morgan fingerprint density at radius 1 is 1.25 bits per heavy atom. The number of esters is 1. The monoisotopic (exact) mass is 691 g/mol. The number of fused-ring (bicyclic) bond motifs is 5. The van der Waals surface area contributed by atoms with Crippen molar-refractivity contribution in [2.24, 2.45) is 5.92 Å². The number of epoxide rings is 1. The van der Waals surface area contributed by atoms with Crippen molar-refractivity contribution in [2.75, 3.05) is 33.2 Å². The third-order valence-corrected chi connectivity index (χ3v) is 10.0. The molecule has 0 saturated carbocycles. The zero-order valence-electron chi connectivity index (χ0n) is 28.9. The predicted molar refractivity (Wildman–Crippen MR) is 177 cm³/mol. The van der Waals surface area contributed by atoms with E-state index in [4.69, 9.17) is 35.3 Å². The molecule has 1 aromatic rings. The van der Waals surface area contributed by atoms with Crippen molar-refractivity contribution < 1.29 is 48.0 Å². The van der Waals surface area contributed by atoms with Gasteiger partial charge in [0.2, 0.25) is 11.8 Å². The standard InChI is InChI=1S/C34H46ClN3O10/c1-18-11-10-12-26(45-9)34(43)17-25(46-32(42)36-34)19(2)30-33(5,48-30)27(47-31(41)20(3)37(6)21(4)39)16-28(40)38(7)23-14-22(13-18)15-24(44-8)29(23)35/h10-12,14-15,19-20,25-27,30,43H,13,16-17H2,1-9H3,(H,36,42)/b12-10+,18-11+/t19-,20-,25+,26-,27-,30-,33-,34+/m0/s1. The van der Waals surface area contributed by atoms with Gasteiger partial charge in [0, 0.05) is 40.5 Å². The molecule has 3 amide bonds. The number of carbonyl (C=O) groups is 4. The predicted octanol–water partition coefficient (Wildman–Crippen LogP) is 3.53. The smallest absolute Gasteiger partial charge is 0.409 e. The number of nitrogens with one attached hydrogen (secondary N) is 1.